The molecular formula is C17H23N3. The van der Waals surface area contributed by atoms with Crippen molar-refractivity contribution in [3.05, 3.63) is 47.8 Å². The van der Waals surface area contributed by atoms with Crippen molar-refractivity contribution < 1.29 is 0 Å². The average molecular weight is 269 g/mol. The molecular weight excluding hydrogens is 246 g/mol. The zero-order valence-corrected chi connectivity index (χ0v) is 12.8. The van der Waals surface area contributed by atoms with Crippen LogP contribution in [0.1, 0.15) is 36.7 Å². The highest BCUT2D eigenvalue weighted by Crippen LogP contribution is 2.31. The molecule has 3 heteroatoms. The Kier molecular flexibility index (Phi) is 3.98. The maximum absolute atomic E-state index is 6.32. The first-order chi connectivity index (χ1) is 9.45. The predicted molar refractivity (Wildman–Crippen MR) is 85.8 cm³/mol. The Labute approximate surface area is 121 Å². The molecule has 0 fully saturated rings. The van der Waals surface area contributed by atoms with Crippen molar-refractivity contribution >= 4 is 5.82 Å². The van der Waals surface area contributed by atoms with Gasteiger partial charge < -0.3 is 10.3 Å². The fraction of sp³-hybridized carbons (Fsp3) is 0.353. The summed E-state index contributed by atoms with van der Waals surface area (Å²) in [6.45, 7) is 13.0. The number of rotatable bonds is 4. The zero-order chi connectivity index (χ0) is 14.9. The van der Waals surface area contributed by atoms with E-state index >= 15 is 0 Å². The van der Waals surface area contributed by atoms with E-state index in [4.69, 9.17) is 10.7 Å². The van der Waals surface area contributed by atoms with Crippen LogP contribution in [0, 0.1) is 13.8 Å². The van der Waals surface area contributed by atoms with Gasteiger partial charge >= 0.3 is 0 Å². The highest BCUT2D eigenvalue weighted by molar-refractivity contribution is 5.74. The SMILES string of the molecule is C=CCn1c(C(C)C)nc(-c2ccc(C)cc2C)c1N. The molecule has 0 aliphatic carbocycles. The van der Waals surface area contributed by atoms with E-state index in [1.54, 1.807) is 0 Å². The molecule has 0 aliphatic heterocycles. The first kappa shape index (κ1) is 14.4. The van der Waals surface area contributed by atoms with Crippen LogP contribution >= 0.6 is 0 Å². The summed E-state index contributed by atoms with van der Waals surface area (Å²) in [5, 5.41) is 0. The topological polar surface area (TPSA) is 43.8 Å². The van der Waals surface area contributed by atoms with E-state index in [0.29, 0.717) is 12.5 Å². The number of nitrogen functional groups attached to an aromatic ring is 1. The van der Waals surface area contributed by atoms with Gasteiger partial charge in [-0.3, -0.25) is 0 Å². The monoisotopic (exact) mass is 269 g/mol. The number of aryl methyl sites for hydroxylation is 2. The summed E-state index contributed by atoms with van der Waals surface area (Å²) in [7, 11) is 0. The van der Waals surface area contributed by atoms with Gasteiger partial charge in [0.2, 0.25) is 0 Å². The molecule has 20 heavy (non-hydrogen) atoms. The molecule has 0 atom stereocenters. The number of aromatic nitrogens is 2. The molecule has 2 N–H and O–H groups in total. The second-order valence-corrected chi connectivity index (χ2v) is 5.58. The van der Waals surface area contributed by atoms with Crippen LogP contribution in [0.4, 0.5) is 5.82 Å². The molecule has 0 radical (unpaired) electrons. The quantitative estimate of drug-likeness (QED) is 0.851. The van der Waals surface area contributed by atoms with Gasteiger partial charge in [0.1, 0.15) is 17.3 Å². The normalized spacial score (nSPS) is 11.1. The lowest BCUT2D eigenvalue weighted by Crippen LogP contribution is -2.07. The van der Waals surface area contributed by atoms with Crippen LogP contribution in [-0.2, 0) is 6.54 Å². The molecule has 3 nitrogen and oxygen atoms in total. The first-order valence-corrected chi connectivity index (χ1v) is 7.00. The number of imidazole rings is 1. The van der Waals surface area contributed by atoms with Gasteiger partial charge in [-0.15, -0.1) is 6.58 Å². The summed E-state index contributed by atoms with van der Waals surface area (Å²) in [6.07, 6.45) is 1.86. The molecule has 106 valence electrons. The standard InChI is InChI=1S/C17H23N3/c1-6-9-20-16(18)15(19-17(20)11(2)3)14-8-7-12(4)10-13(14)5/h6-8,10-11H,1,9,18H2,2-5H3. The minimum absolute atomic E-state index is 0.330. The van der Waals surface area contributed by atoms with E-state index in [1.165, 1.54) is 11.1 Å². The Morgan fingerprint density at radius 3 is 2.60 bits per heavy atom. The molecule has 0 unspecified atom stereocenters. The predicted octanol–water partition coefficient (Wildman–Crippen LogP) is 4.06. The van der Waals surface area contributed by atoms with Crippen LogP contribution in [0.2, 0.25) is 0 Å². The van der Waals surface area contributed by atoms with E-state index in [1.807, 2.05) is 10.6 Å². The fourth-order valence-electron chi connectivity index (χ4n) is 2.52. The van der Waals surface area contributed by atoms with Crippen LogP contribution in [0.3, 0.4) is 0 Å². The molecule has 1 heterocycles. The van der Waals surface area contributed by atoms with Crippen LogP contribution in [0.15, 0.2) is 30.9 Å². The van der Waals surface area contributed by atoms with Crippen LogP contribution < -0.4 is 5.73 Å². The van der Waals surface area contributed by atoms with Gasteiger partial charge in [-0.1, -0.05) is 43.7 Å². The Hall–Kier alpha value is -2.03. The van der Waals surface area contributed by atoms with Gasteiger partial charge in [0.25, 0.3) is 0 Å². The minimum Gasteiger partial charge on any atom is -0.383 e. The van der Waals surface area contributed by atoms with Gasteiger partial charge in [-0.2, -0.15) is 0 Å². The highest BCUT2D eigenvalue weighted by atomic mass is 15.1. The maximum Gasteiger partial charge on any atom is 0.132 e. The van der Waals surface area contributed by atoms with Gasteiger partial charge in [0.15, 0.2) is 0 Å². The second kappa shape index (κ2) is 5.53. The summed E-state index contributed by atoms with van der Waals surface area (Å²) in [5.41, 5.74) is 10.8. The molecule has 0 saturated heterocycles. The minimum atomic E-state index is 0.330. The van der Waals surface area contributed by atoms with Crippen molar-refractivity contribution in [3.63, 3.8) is 0 Å². The van der Waals surface area contributed by atoms with Crippen LogP contribution in [0.5, 0.6) is 0 Å². The number of nitrogens with zero attached hydrogens (tertiary/aromatic N) is 2. The third kappa shape index (κ3) is 2.48. The lowest BCUT2D eigenvalue weighted by molar-refractivity contribution is 0.684. The van der Waals surface area contributed by atoms with Crippen molar-refractivity contribution in [2.24, 2.45) is 0 Å². The highest BCUT2D eigenvalue weighted by Gasteiger charge is 2.18. The number of allylic oxidation sites excluding steroid dienone is 1. The van der Waals surface area contributed by atoms with E-state index in [0.717, 1.165) is 22.9 Å². The Morgan fingerprint density at radius 2 is 2.05 bits per heavy atom. The third-order valence-electron chi connectivity index (χ3n) is 3.50. The third-order valence-corrected chi connectivity index (χ3v) is 3.50. The molecule has 0 saturated carbocycles. The molecule has 0 aliphatic rings. The van der Waals surface area contributed by atoms with Crippen molar-refractivity contribution in [1.82, 2.24) is 9.55 Å². The summed E-state index contributed by atoms with van der Waals surface area (Å²) < 4.78 is 2.05. The van der Waals surface area contributed by atoms with Crippen molar-refractivity contribution in [3.8, 4) is 11.3 Å². The lowest BCUT2D eigenvalue weighted by atomic mass is 10.0. The van der Waals surface area contributed by atoms with Gasteiger partial charge in [-0.05, 0) is 19.4 Å². The van der Waals surface area contributed by atoms with E-state index in [2.05, 4.69) is 52.5 Å². The number of benzene rings is 1. The molecule has 1 aromatic carbocycles. The number of hydrogen-bond donors (Lipinski definition) is 1. The smallest absolute Gasteiger partial charge is 0.132 e. The zero-order valence-electron chi connectivity index (χ0n) is 12.8. The largest absolute Gasteiger partial charge is 0.383 e. The second-order valence-electron chi connectivity index (χ2n) is 5.58. The summed E-state index contributed by atoms with van der Waals surface area (Å²) in [6, 6.07) is 6.37. The number of anilines is 1. The van der Waals surface area contributed by atoms with Gasteiger partial charge in [-0.25, -0.2) is 4.98 Å². The van der Waals surface area contributed by atoms with Gasteiger partial charge in [0.05, 0.1) is 0 Å². The van der Waals surface area contributed by atoms with Crippen molar-refractivity contribution in [1.29, 1.82) is 0 Å². The van der Waals surface area contributed by atoms with Crippen LogP contribution in [-0.4, -0.2) is 9.55 Å². The Bertz CT molecular complexity index is 636. The summed E-state index contributed by atoms with van der Waals surface area (Å²) >= 11 is 0. The Morgan fingerprint density at radius 1 is 1.35 bits per heavy atom. The van der Waals surface area contributed by atoms with E-state index in [9.17, 15) is 0 Å². The Balaban J connectivity index is 2.62. The fourth-order valence-corrected chi connectivity index (χ4v) is 2.52. The van der Waals surface area contributed by atoms with Crippen molar-refractivity contribution in [2.75, 3.05) is 5.73 Å². The average Bonchev–Trinajstić information content (AvgIpc) is 2.68. The molecule has 0 spiro atoms. The summed E-state index contributed by atoms with van der Waals surface area (Å²) in [5.74, 6) is 2.06. The summed E-state index contributed by atoms with van der Waals surface area (Å²) in [4.78, 5) is 4.78. The number of hydrogen-bond acceptors (Lipinski definition) is 2. The van der Waals surface area contributed by atoms with Crippen molar-refractivity contribution in [2.45, 2.75) is 40.2 Å². The first-order valence-electron chi connectivity index (χ1n) is 7.00. The van der Waals surface area contributed by atoms with Gasteiger partial charge in [0, 0.05) is 18.0 Å². The van der Waals surface area contributed by atoms with E-state index < -0.39 is 0 Å². The molecule has 0 bridgehead atoms. The number of nitrogens with two attached hydrogens (primary N) is 1. The lowest BCUT2D eigenvalue weighted by Gasteiger charge is -2.09. The molecule has 2 aromatic rings. The van der Waals surface area contributed by atoms with E-state index in [-0.39, 0.29) is 0 Å². The molecule has 2 rings (SSSR count). The molecule has 1 aromatic heterocycles. The molecule has 0 amide bonds. The maximum atomic E-state index is 6.32. The van der Waals surface area contributed by atoms with Crippen LogP contribution in [0.25, 0.3) is 11.3 Å².